The Balaban J connectivity index is 1.76. The van der Waals surface area contributed by atoms with Gasteiger partial charge in [0.05, 0.1) is 13.2 Å². The summed E-state index contributed by atoms with van der Waals surface area (Å²) in [6, 6.07) is 25.1. The fourth-order valence-electron chi connectivity index (χ4n) is 4.38. The first-order chi connectivity index (χ1) is 14.3. The Kier molecular flexibility index (Phi) is 5.84. The zero-order valence-electron chi connectivity index (χ0n) is 16.4. The number of aliphatic hydroxyl groups is 2. The van der Waals surface area contributed by atoms with E-state index >= 15 is 0 Å². The molecule has 0 fully saturated rings. The van der Waals surface area contributed by atoms with Gasteiger partial charge in [-0.25, -0.2) is 0 Å². The summed E-state index contributed by atoms with van der Waals surface area (Å²) in [4.78, 5) is 0. The van der Waals surface area contributed by atoms with Crippen LogP contribution in [0.4, 0.5) is 0 Å². The maximum atomic E-state index is 8.98. The van der Waals surface area contributed by atoms with Gasteiger partial charge in [0, 0.05) is 5.41 Å². The van der Waals surface area contributed by atoms with E-state index in [0.717, 1.165) is 24.3 Å². The predicted molar refractivity (Wildman–Crippen MR) is 113 cm³/mol. The molecule has 29 heavy (non-hydrogen) atoms. The largest absolute Gasteiger partial charge is 0.491 e. The van der Waals surface area contributed by atoms with Crippen LogP contribution < -0.4 is 9.47 Å². The third-order valence-corrected chi connectivity index (χ3v) is 5.66. The molecule has 0 bridgehead atoms. The van der Waals surface area contributed by atoms with E-state index in [1.54, 1.807) is 0 Å². The number of hydrogen-bond donors (Lipinski definition) is 2. The minimum absolute atomic E-state index is 0.00374. The number of ether oxygens (including phenoxy) is 2. The first-order valence-corrected chi connectivity index (χ1v) is 10.0. The van der Waals surface area contributed by atoms with Gasteiger partial charge in [0.25, 0.3) is 0 Å². The highest BCUT2D eigenvalue weighted by molar-refractivity contribution is 5.57. The lowest BCUT2D eigenvalue weighted by molar-refractivity contribution is 0.201. The van der Waals surface area contributed by atoms with Crippen molar-refractivity contribution >= 4 is 0 Å². The van der Waals surface area contributed by atoms with Gasteiger partial charge < -0.3 is 19.7 Å². The fraction of sp³-hybridized carbons (Fsp3) is 0.280. The van der Waals surface area contributed by atoms with Gasteiger partial charge in [0.2, 0.25) is 0 Å². The molecular weight excluding hydrogens is 364 g/mol. The van der Waals surface area contributed by atoms with Crippen LogP contribution >= 0.6 is 0 Å². The number of hydrogen-bond acceptors (Lipinski definition) is 4. The Morgan fingerprint density at radius 2 is 1.21 bits per heavy atom. The van der Waals surface area contributed by atoms with Crippen LogP contribution in [0.3, 0.4) is 0 Å². The van der Waals surface area contributed by atoms with Crippen molar-refractivity contribution in [3.8, 4) is 11.5 Å². The lowest BCUT2D eigenvalue weighted by Crippen LogP contribution is -2.26. The third-order valence-electron chi connectivity index (χ3n) is 5.66. The molecule has 4 nitrogen and oxygen atoms in total. The van der Waals surface area contributed by atoms with E-state index < -0.39 is 0 Å². The van der Waals surface area contributed by atoms with Gasteiger partial charge in [0.1, 0.15) is 24.7 Å². The second kappa shape index (κ2) is 8.68. The van der Waals surface area contributed by atoms with Gasteiger partial charge in [-0.1, -0.05) is 48.5 Å². The highest BCUT2D eigenvalue weighted by Gasteiger charge is 2.41. The second-order valence-electron chi connectivity index (χ2n) is 7.26. The van der Waals surface area contributed by atoms with Gasteiger partial charge in [-0.2, -0.15) is 0 Å². The van der Waals surface area contributed by atoms with Gasteiger partial charge in [-0.15, -0.1) is 0 Å². The number of fused-ring (bicyclic) bond motifs is 1. The Bertz CT molecular complexity index is 880. The van der Waals surface area contributed by atoms with Crippen LogP contribution in [-0.2, 0) is 11.8 Å². The lowest BCUT2D eigenvalue weighted by Gasteiger charge is -2.32. The SMILES string of the molecule is OCCOc1ccc(C2(c3ccc(OCCO)cc3)CCc3ccccc32)cc1. The molecule has 0 amide bonds. The molecule has 0 saturated carbocycles. The summed E-state index contributed by atoms with van der Waals surface area (Å²) in [5, 5.41) is 18.0. The minimum atomic E-state index is -0.221. The Morgan fingerprint density at radius 1 is 0.690 bits per heavy atom. The average Bonchev–Trinajstić information content (AvgIpc) is 3.17. The molecule has 3 aromatic rings. The monoisotopic (exact) mass is 390 g/mol. The molecule has 0 spiro atoms. The standard InChI is InChI=1S/C25H26O4/c26-15-17-28-22-9-5-20(6-10-22)25(14-13-19-3-1-2-4-24(19)25)21-7-11-23(12-8-21)29-18-16-27/h1-12,26-27H,13-18H2. The summed E-state index contributed by atoms with van der Waals surface area (Å²) in [6.07, 6.45) is 2.03. The third kappa shape index (κ3) is 3.74. The molecule has 0 aromatic heterocycles. The molecule has 1 aliphatic rings. The summed E-state index contributed by atoms with van der Waals surface area (Å²) in [5.74, 6) is 1.52. The van der Waals surface area contributed by atoms with E-state index in [0.29, 0.717) is 13.2 Å². The van der Waals surface area contributed by atoms with Crippen LogP contribution in [0.5, 0.6) is 11.5 Å². The first kappa shape index (κ1) is 19.5. The van der Waals surface area contributed by atoms with Crippen molar-refractivity contribution in [1.82, 2.24) is 0 Å². The molecule has 0 unspecified atom stereocenters. The van der Waals surface area contributed by atoms with E-state index in [1.807, 2.05) is 24.3 Å². The molecule has 0 aliphatic heterocycles. The van der Waals surface area contributed by atoms with E-state index in [2.05, 4.69) is 48.5 Å². The van der Waals surface area contributed by atoms with Crippen LogP contribution in [0, 0.1) is 0 Å². The molecule has 0 heterocycles. The van der Waals surface area contributed by atoms with Crippen molar-refractivity contribution in [3.05, 3.63) is 95.1 Å². The number of aryl methyl sites for hydroxylation is 1. The Morgan fingerprint density at radius 3 is 1.72 bits per heavy atom. The first-order valence-electron chi connectivity index (χ1n) is 10.0. The fourth-order valence-corrected chi connectivity index (χ4v) is 4.38. The molecule has 0 radical (unpaired) electrons. The maximum Gasteiger partial charge on any atom is 0.119 e. The van der Waals surface area contributed by atoms with E-state index in [9.17, 15) is 0 Å². The molecule has 3 aromatic carbocycles. The summed E-state index contributed by atoms with van der Waals surface area (Å²) in [5.41, 5.74) is 4.95. The zero-order chi connectivity index (χ0) is 20.1. The minimum Gasteiger partial charge on any atom is -0.491 e. The van der Waals surface area contributed by atoms with Crippen LogP contribution in [-0.4, -0.2) is 36.6 Å². The van der Waals surface area contributed by atoms with E-state index in [4.69, 9.17) is 19.7 Å². The molecule has 4 rings (SSSR count). The van der Waals surface area contributed by atoms with Crippen molar-refractivity contribution in [2.75, 3.05) is 26.4 Å². The quantitative estimate of drug-likeness (QED) is 0.616. The van der Waals surface area contributed by atoms with Crippen LogP contribution in [0.15, 0.2) is 72.8 Å². The average molecular weight is 390 g/mol. The Labute approximate surface area is 171 Å². The smallest absolute Gasteiger partial charge is 0.119 e. The van der Waals surface area contributed by atoms with Crippen molar-refractivity contribution in [1.29, 1.82) is 0 Å². The number of aliphatic hydroxyl groups excluding tert-OH is 2. The zero-order valence-corrected chi connectivity index (χ0v) is 16.4. The van der Waals surface area contributed by atoms with Gasteiger partial charge in [0.15, 0.2) is 0 Å². The molecular formula is C25H26O4. The van der Waals surface area contributed by atoms with E-state index in [1.165, 1.54) is 22.3 Å². The van der Waals surface area contributed by atoms with Gasteiger partial charge in [-0.3, -0.25) is 0 Å². The molecule has 0 saturated heterocycles. The predicted octanol–water partition coefficient (Wildman–Crippen LogP) is 3.71. The van der Waals surface area contributed by atoms with Gasteiger partial charge in [-0.05, 0) is 59.4 Å². The summed E-state index contributed by atoms with van der Waals surface area (Å²) < 4.78 is 11.1. The van der Waals surface area contributed by atoms with Crippen LogP contribution in [0.2, 0.25) is 0 Å². The molecule has 2 N–H and O–H groups in total. The number of rotatable bonds is 8. The normalized spacial score (nSPS) is 14.4. The van der Waals surface area contributed by atoms with Crippen molar-refractivity contribution in [2.24, 2.45) is 0 Å². The molecule has 0 atom stereocenters. The highest BCUT2D eigenvalue weighted by atomic mass is 16.5. The van der Waals surface area contributed by atoms with Gasteiger partial charge >= 0.3 is 0 Å². The van der Waals surface area contributed by atoms with Crippen LogP contribution in [0.25, 0.3) is 0 Å². The molecule has 4 heteroatoms. The lowest BCUT2D eigenvalue weighted by atomic mass is 9.70. The van der Waals surface area contributed by atoms with Crippen molar-refractivity contribution < 1.29 is 19.7 Å². The highest BCUT2D eigenvalue weighted by Crippen LogP contribution is 2.49. The second-order valence-corrected chi connectivity index (χ2v) is 7.26. The maximum absolute atomic E-state index is 8.98. The van der Waals surface area contributed by atoms with Crippen LogP contribution in [0.1, 0.15) is 28.7 Å². The summed E-state index contributed by atoms with van der Waals surface area (Å²) in [6.45, 7) is 0.596. The summed E-state index contributed by atoms with van der Waals surface area (Å²) >= 11 is 0. The molecule has 150 valence electrons. The van der Waals surface area contributed by atoms with E-state index in [-0.39, 0.29) is 18.6 Å². The Hall–Kier alpha value is -2.82. The molecule has 1 aliphatic carbocycles. The summed E-state index contributed by atoms with van der Waals surface area (Å²) in [7, 11) is 0. The van der Waals surface area contributed by atoms with Crippen molar-refractivity contribution in [2.45, 2.75) is 18.3 Å². The topological polar surface area (TPSA) is 58.9 Å². The number of benzene rings is 3. The van der Waals surface area contributed by atoms with Crippen molar-refractivity contribution in [3.63, 3.8) is 0 Å².